The normalized spacial score (nSPS) is 16.6. The number of aliphatic hydroxyl groups is 1. The molecule has 1 amide bonds. The van der Waals surface area contributed by atoms with E-state index in [1.165, 1.54) is 23.2 Å². The van der Waals surface area contributed by atoms with Crippen molar-refractivity contribution in [2.45, 2.75) is 19.6 Å². The van der Waals surface area contributed by atoms with Crippen LogP contribution < -0.4 is 9.64 Å². The second kappa shape index (κ2) is 10.5. The number of aryl methyl sites for hydroxylation is 1. The summed E-state index contributed by atoms with van der Waals surface area (Å²) in [6.07, 6.45) is 1.52. The number of aliphatic hydroxyl groups excluding tert-OH is 1. The highest BCUT2D eigenvalue weighted by Crippen LogP contribution is 2.42. The fourth-order valence-corrected chi connectivity index (χ4v) is 4.58. The first-order valence-corrected chi connectivity index (χ1v) is 12.2. The van der Waals surface area contributed by atoms with Crippen molar-refractivity contribution < 1.29 is 23.8 Å². The summed E-state index contributed by atoms with van der Waals surface area (Å²) in [6.45, 7) is 2.20. The molecule has 1 saturated heterocycles. The van der Waals surface area contributed by atoms with E-state index in [0.717, 1.165) is 17.2 Å². The summed E-state index contributed by atoms with van der Waals surface area (Å²) >= 11 is 5.98. The van der Waals surface area contributed by atoms with Crippen LogP contribution in [0, 0.1) is 12.7 Å². The smallest absolute Gasteiger partial charge is 0.300 e. The van der Waals surface area contributed by atoms with Crippen LogP contribution in [0.1, 0.15) is 28.4 Å². The molecule has 6 nitrogen and oxygen atoms in total. The molecule has 190 valence electrons. The van der Waals surface area contributed by atoms with Gasteiger partial charge in [-0.15, -0.1) is 0 Å². The van der Waals surface area contributed by atoms with E-state index >= 15 is 0 Å². The fourth-order valence-electron chi connectivity index (χ4n) is 4.40. The number of carbonyl (C=O) groups excluding carboxylic acids is 2. The lowest BCUT2D eigenvalue weighted by Gasteiger charge is -2.24. The highest BCUT2D eigenvalue weighted by atomic mass is 35.5. The predicted molar refractivity (Wildman–Crippen MR) is 142 cm³/mol. The molecule has 1 N–H and O–H groups in total. The number of aromatic nitrogens is 1. The summed E-state index contributed by atoms with van der Waals surface area (Å²) in [5.41, 5.74) is 2.51. The van der Waals surface area contributed by atoms with E-state index in [-0.39, 0.29) is 22.0 Å². The molecule has 1 fully saturated rings. The summed E-state index contributed by atoms with van der Waals surface area (Å²) in [4.78, 5) is 32.0. The third kappa shape index (κ3) is 4.76. The van der Waals surface area contributed by atoms with Crippen LogP contribution in [-0.4, -0.2) is 21.8 Å². The number of halogens is 2. The van der Waals surface area contributed by atoms with Crippen molar-refractivity contribution in [1.29, 1.82) is 0 Å². The van der Waals surface area contributed by atoms with Crippen molar-refractivity contribution in [3.05, 3.63) is 130 Å². The highest BCUT2D eigenvalue weighted by molar-refractivity contribution is 6.51. The van der Waals surface area contributed by atoms with Gasteiger partial charge in [-0.1, -0.05) is 48.0 Å². The van der Waals surface area contributed by atoms with Gasteiger partial charge in [-0.25, -0.2) is 4.39 Å². The van der Waals surface area contributed by atoms with Crippen LogP contribution in [0.3, 0.4) is 0 Å². The number of ether oxygens (including phenoxy) is 1. The van der Waals surface area contributed by atoms with Gasteiger partial charge in [0.05, 0.1) is 16.3 Å². The largest absolute Gasteiger partial charge is 0.507 e. The van der Waals surface area contributed by atoms with Crippen LogP contribution in [0.4, 0.5) is 10.1 Å². The number of carbonyl (C=O) groups is 2. The number of ketones is 1. The van der Waals surface area contributed by atoms with E-state index in [1.54, 1.807) is 36.4 Å². The summed E-state index contributed by atoms with van der Waals surface area (Å²) in [5, 5.41) is 11.1. The van der Waals surface area contributed by atoms with Crippen molar-refractivity contribution in [2.75, 3.05) is 4.90 Å². The quantitative estimate of drug-likeness (QED) is 0.178. The number of hydrogen-bond donors (Lipinski definition) is 1. The summed E-state index contributed by atoms with van der Waals surface area (Å²) in [5.74, 6) is -2.17. The molecule has 0 saturated carbocycles. The summed E-state index contributed by atoms with van der Waals surface area (Å²) in [7, 11) is 0. The van der Waals surface area contributed by atoms with Gasteiger partial charge in [0.15, 0.2) is 0 Å². The molecular formula is C30H22ClFN2O4. The van der Waals surface area contributed by atoms with Crippen molar-refractivity contribution in [1.82, 2.24) is 4.98 Å². The second-order valence-corrected chi connectivity index (χ2v) is 9.18. The van der Waals surface area contributed by atoms with Crippen molar-refractivity contribution in [2.24, 2.45) is 0 Å². The Hall–Kier alpha value is -4.49. The van der Waals surface area contributed by atoms with Crippen molar-refractivity contribution in [3.63, 3.8) is 0 Å². The van der Waals surface area contributed by atoms with E-state index < -0.39 is 23.5 Å². The van der Waals surface area contributed by atoms with Gasteiger partial charge >= 0.3 is 0 Å². The maximum Gasteiger partial charge on any atom is 0.300 e. The first-order chi connectivity index (χ1) is 18.3. The number of benzene rings is 3. The van der Waals surface area contributed by atoms with Crippen LogP contribution in [0.2, 0.25) is 5.02 Å². The SMILES string of the molecule is Cc1cc(/C(O)=C2\C(=O)C(=O)N(c3ccc(F)c(Cl)c3)C2c2ccccn2)ccc1OCc1ccccc1. The van der Waals surface area contributed by atoms with E-state index in [1.807, 2.05) is 37.3 Å². The number of anilines is 1. The fraction of sp³-hybridized carbons (Fsp3) is 0.100. The Morgan fingerprint density at radius 2 is 1.79 bits per heavy atom. The molecule has 1 aliphatic rings. The molecule has 38 heavy (non-hydrogen) atoms. The molecule has 0 aliphatic carbocycles. The Bertz CT molecular complexity index is 1560. The minimum absolute atomic E-state index is 0.133. The van der Waals surface area contributed by atoms with Gasteiger partial charge in [0.25, 0.3) is 11.7 Å². The first kappa shape index (κ1) is 25.2. The molecule has 1 aromatic heterocycles. The Morgan fingerprint density at radius 1 is 1.03 bits per heavy atom. The third-order valence-electron chi connectivity index (χ3n) is 6.28. The molecule has 5 rings (SSSR count). The molecule has 0 bridgehead atoms. The molecule has 3 aromatic carbocycles. The topological polar surface area (TPSA) is 79.7 Å². The maximum absolute atomic E-state index is 13.9. The zero-order valence-electron chi connectivity index (χ0n) is 20.3. The average Bonchev–Trinajstić information content (AvgIpc) is 3.20. The number of nitrogens with zero attached hydrogens (tertiary/aromatic N) is 2. The van der Waals surface area contributed by atoms with E-state index in [2.05, 4.69) is 4.98 Å². The van der Waals surface area contributed by atoms with Gasteiger partial charge in [-0.3, -0.25) is 19.5 Å². The molecule has 0 spiro atoms. The molecule has 8 heteroatoms. The zero-order chi connectivity index (χ0) is 26.8. The van der Waals surface area contributed by atoms with Crippen LogP contribution in [-0.2, 0) is 16.2 Å². The van der Waals surface area contributed by atoms with E-state index in [9.17, 15) is 19.1 Å². The molecule has 4 aromatic rings. The van der Waals surface area contributed by atoms with Gasteiger partial charge < -0.3 is 9.84 Å². The number of rotatable bonds is 6. The molecule has 1 unspecified atom stereocenters. The number of hydrogen-bond acceptors (Lipinski definition) is 5. The molecular weight excluding hydrogens is 507 g/mol. The lowest BCUT2D eigenvalue weighted by molar-refractivity contribution is -0.132. The summed E-state index contributed by atoms with van der Waals surface area (Å²) in [6, 6.07) is 22.5. The monoisotopic (exact) mass is 528 g/mol. The predicted octanol–water partition coefficient (Wildman–Crippen LogP) is 6.39. The molecule has 1 aliphatic heterocycles. The number of Topliss-reactive ketones (excluding diaryl/α,β-unsaturated/α-hetero) is 1. The van der Waals surface area contributed by atoms with Crippen LogP contribution in [0.25, 0.3) is 5.76 Å². The van der Waals surface area contributed by atoms with E-state index in [0.29, 0.717) is 23.6 Å². The van der Waals surface area contributed by atoms with E-state index in [4.69, 9.17) is 16.3 Å². The van der Waals surface area contributed by atoms with Crippen LogP contribution >= 0.6 is 11.6 Å². The van der Waals surface area contributed by atoms with Gasteiger partial charge in [-0.2, -0.15) is 0 Å². The van der Waals surface area contributed by atoms with Crippen LogP contribution in [0.15, 0.2) is 96.7 Å². The Balaban J connectivity index is 1.55. The van der Waals surface area contributed by atoms with Gasteiger partial charge in [-0.05, 0) is 66.6 Å². The van der Waals surface area contributed by atoms with Gasteiger partial charge in [0, 0.05) is 17.4 Å². The lowest BCUT2D eigenvalue weighted by atomic mass is 9.97. The summed E-state index contributed by atoms with van der Waals surface area (Å²) < 4.78 is 19.8. The maximum atomic E-state index is 13.9. The number of pyridine rings is 1. The number of amides is 1. The Labute approximate surface area is 223 Å². The lowest BCUT2D eigenvalue weighted by Crippen LogP contribution is -2.29. The van der Waals surface area contributed by atoms with Crippen LogP contribution in [0.5, 0.6) is 5.75 Å². The Morgan fingerprint density at radius 3 is 2.47 bits per heavy atom. The van der Waals surface area contributed by atoms with Gasteiger partial charge in [0.2, 0.25) is 0 Å². The molecule has 1 atom stereocenters. The zero-order valence-corrected chi connectivity index (χ0v) is 21.0. The first-order valence-electron chi connectivity index (χ1n) is 11.8. The second-order valence-electron chi connectivity index (χ2n) is 8.78. The van der Waals surface area contributed by atoms with Crippen molar-refractivity contribution in [3.8, 4) is 5.75 Å². The Kier molecular flexibility index (Phi) is 6.94. The van der Waals surface area contributed by atoms with Gasteiger partial charge in [0.1, 0.15) is 30.0 Å². The molecule has 2 heterocycles. The molecule has 0 radical (unpaired) electrons. The third-order valence-corrected chi connectivity index (χ3v) is 6.57. The average molecular weight is 529 g/mol. The standard InChI is InChI=1S/C30H22ClFN2O4/c1-18-15-20(10-13-25(18)38-17-19-7-3-2-4-8-19)28(35)26-27(24-9-5-6-14-33-24)34(30(37)29(26)36)21-11-12-23(32)22(31)16-21/h2-16,27,35H,17H2,1H3/b28-26+. The minimum Gasteiger partial charge on any atom is -0.507 e. The van der Waals surface area contributed by atoms with Crippen molar-refractivity contribution >= 4 is 34.7 Å². The minimum atomic E-state index is -1.05. The highest BCUT2D eigenvalue weighted by Gasteiger charge is 2.47.